The zero-order valence-electron chi connectivity index (χ0n) is 18.7. The van der Waals surface area contributed by atoms with Gasteiger partial charge in [0.25, 0.3) is 0 Å². The fraction of sp³-hybridized carbons (Fsp3) is 0.480. The van der Waals surface area contributed by atoms with Crippen LogP contribution in [0.1, 0.15) is 53.7 Å². The molecule has 0 spiro atoms. The number of carboxylic acids is 1. The van der Waals surface area contributed by atoms with Gasteiger partial charge in [0, 0.05) is 24.9 Å². The standard InChI is InChI=1S/C25H31N3O5/c29-14-12-22(24(30)31)28(33-25(32)19-5-2-1-3-6-19)21-15-17(16-21)8-10-20-11-9-18-7-4-13-26-23(18)27-20/h1-3,5-6,9,11,17,21-22,29H,4,7-8,10,12-16H2,(H,26,27)(H,30,31)/t17?,21?,22-/m0/s1. The fourth-order valence-corrected chi connectivity index (χ4v) is 4.60. The lowest BCUT2D eigenvalue weighted by Gasteiger charge is -2.43. The molecule has 3 N–H and O–H groups in total. The predicted molar refractivity (Wildman–Crippen MR) is 123 cm³/mol. The summed E-state index contributed by atoms with van der Waals surface area (Å²) in [7, 11) is 0. The predicted octanol–water partition coefficient (Wildman–Crippen LogP) is 3.06. The highest BCUT2D eigenvalue weighted by Crippen LogP contribution is 2.37. The molecule has 1 aliphatic carbocycles. The number of fused-ring (bicyclic) bond motifs is 1. The van der Waals surface area contributed by atoms with Gasteiger partial charge >= 0.3 is 11.9 Å². The topological polar surface area (TPSA) is 112 Å². The number of carbonyl (C=O) groups is 2. The molecule has 0 bridgehead atoms. The van der Waals surface area contributed by atoms with Gasteiger partial charge in [-0.25, -0.2) is 9.78 Å². The van der Waals surface area contributed by atoms with Crippen LogP contribution in [-0.4, -0.2) is 57.4 Å². The maximum atomic E-state index is 12.6. The molecule has 1 aromatic carbocycles. The number of rotatable bonds is 10. The summed E-state index contributed by atoms with van der Waals surface area (Å²) in [5.74, 6) is -0.298. The molecule has 2 aromatic rings. The van der Waals surface area contributed by atoms with Gasteiger partial charge in [-0.1, -0.05) is 24.3 Å². The number of nitrogens with zero attached hydrogens (tertiary/aromatic N) is 2. The van der Waals surface area contributed by atoms with Gasteiger partial charge in [-0.15, -0.1) is 5.06 Å². The molecule has 8 heteroatoms. The van der Waals surface area contributed by atoms with Gasteiger partial charge in [-0.3, -0.25) is 4.79 Å². The number of pyridine rings is 1. The summed E-state index contributed by atoms with van der Waals surface area (Å²) < 4.78 is 0. The average molecular weight is 454 g/mol. The molecule has 33 heavy (non-hydrogen) atoms. The Morgan fingerprint density at radius 3 is 2.70 bits per heavy atom. The van der Waals surface area contributed by atoms with Crippen LogP contribution in [0.5, 0.6) is 0 Å². The van der Waals surface area contributed by atoms with E-state index in [0.717, 1.165) is 56.6 Å². The van der Waals surface area contributed by atoms with Gasteiger partial charge in [0.05, 0.1) is 5.56 Å². The first kappa shape index (κ1) is 23.2. The maximum absolute atomic E-state index is 12.6. The van der Waals surface area contributed by atoms with Crippen molar-refractivity contribution in [3.8, 4) is 0 Å². The highest BCUT2D eigenvalue weighted by Gasteiger charge is 2.41. The number of benzene rings is 1. The third kappa shape index (κ3) is 5.69. The van der Waals surface area contributed by atoms with Crippen molar-refractivity contribution >= 4 is 17.8 Å². The van der Waals surface area contributed by atoms with Crippen LogP contribution in [0.2, 0.25) is 0 Å². The van der Waals surface area contributed by atoms with Gasteiger partial charge in [0.2, 0.25) is 0 Å². The minimum absolute atomic E-state index is 0.00931. The summed E-state index contributed by atoms with van der Waals surface area (Å²) in [6.45, 7) is 0.661. The molecule has 1 aromatic heterocycles. The summed E-state index contributed by atoms with van der Waals surface area (Å²) in [4.78, 5) is 34.8. The van der Waals surface area contributed by atoms with Gasteiger partial charge in [0.1, 0.15) is 11.9 Å². The van der Waals surface area contributed by atoms with Gasteiger partial charge in [-0.2, -0.15) is 0 Å². The maximum Gasteiger partial charge on any atom is 0.357 e. The Bertz CT molecular complexity index is 962. The van der Waals surface area contributed by atoms with Crippen molar-refractivity contribution in [1.82, 2.24) is 10.0 Å². The smallest absolute Gasteiger partial charge is 0.357 e. The largest absolute Gasteiger partial charge is 0.480 e. The first-order valence-electron chi connectivity index (χ1n) is 11.7. The Morgan fingerprint density at radius 1 is 1.18 bits per heavy atom. The molecule has 2 heterocycles. The van der Waals surface area contributed by atoms with Crippen LogP contribution in [0.4, 0.5) is 5.82 Å². The number of hydrogen-bond donors (Lipinski definition) is 3. The number of carbonyl (C=O) groups excluding carboxylic acids is 1. The SMILES string of the molecule is O=C(ON(C1CC(CCc2ccc3c(n2)NCCC3)C1)[C@@H](CCO)C(=O)O)c1ccccc1. The number of nitrogens with one attached hydrogen (secondary N) is 1. The number of aryl methyl sites for hydroxylation is 2. The molecule has 1 atom stereocenters. The lowest BCUT2D eigenvalue weighted by molar-refractivity contribution is -0.204. The monoisotopic (exact) mass is 453 g/mol. The lowest BCUT2D eigenvalue weighted by atomic mass is 9.76. The van der Waals surface area contributed by atoms with Gasteiger partial charge in [-0.05, 0) is 74.6 Å². The number of aliphatic hydroxyl groups is 1. The fourth-order valence-electron chi connectivity index (χ4n) is 4.60. The second-order valence-electron chi connectivity index (χ2n) is 8.84. The Labute approximate surface area is 193 Å². The lowest BCUT2D eigenvalue weighted by Crippen LogP contribution is -2.53. The molecule has 1 aliphatic heterocycles. The normalized spacial score (nSPS) is 20.3. The Kier molecular flexibility index (Phi) is 7.57. The van der Waals surface area contributed by atoms with Gasteiger partial charge in [0.15, 0.2) is 0 Å². The van der Waals surface area contributed by atoms with Crippen LogP contribution in [0.3, 0.4) is 0 Å². The van der Waals surface area contributed by atoms with Crippen LogP contribution < -0.4 is 5.32 Å². The van der Waals surface area contributed by atoms with Crippen LogP contribution in [0.25, 0.3) is 0 Å². The number of aliphatic hydroxyl groups excluding tert-OH is 1. The third-order valence-corrected chi connectivity index (χ3v) is 6.52. The first-order chi connectivity index (χ1) is 16.0. The zero-order valence-corrected chi connectivity index (χ0v) is 18.7. The number of hydrogen-bond acceptors (Lipinski definition) is 7. The summed E-state index contributed by atoms with van der Waals surface area (Å²) in [6.07, 6.45) is 5.47. The van der Waals surface area contributed by atoms with Crippen molar-refractivity contribution < 1.29 is 24.6 Å². The molecule has 1 fully saturated rings. The van der Waals surface area contributed by atoms with Crippen LogP contribution >= 0.6 is 0 Å². The molecule has 0 unspecified atom stereocenters. The van der Waals surface area contributed by atoms with Gasteiger partial charge < -0.3 is 20.4 Å². The molecule has 2 aliphatic rings. The number of aromatic nitrogens is 1. The van der Waals surface area contributed by atoms with Crippen molar-refractivity contribution in [2.45, 2.75) is 57.0 Å². The van der Waals surface area contributed by atoms with E-state index in [1.165, 1.54) is 10.6 Å². The number of aliphatic carboxylic acids is 1. The second-order valence-corrected chi connectivity index (χ2v) is 8.84. The molecular formula is C25H31N3O5. The molecule has 0 amide bonds. The van der Waals surface area contributed by atoms with Crippen LogP contribution in [-0.2, 0) is 22.5 Å². The molecule has 4 rings (SSSR count). The summed E-state index contributed by atoms with van der Waals surface area (Å²) >= 11 is 0. The summed E-state index contributed by atoms with van der Waals surface area (Å²) in [5, 5.41) is 23.7. The van der Waals surface area contributed by atoms with E-state index in [1.54, 1.807) is 30.3 Å². The molecule has 176 valence electrons. The Hall–Kier alpha value is -2.97. The quantitative estimate of drug-likeness (QED) is 0.471. The van der Waals surface area contributed by atoms with Crippen LogP contribution in [0, 0.1) is 5.92 Å². The van der Waals surface area contributed by atoms with E-state index < -0.39 is 18.0 Å². The average Bonchev–Trinajstić information content (AvgIpc) is 2.81. The van der Waals surface area contributed by atoms with Crippen molar-refractivity contribution in [1.29, 1.82) is 0 Å². The van der Waals surface area contributed by atoms with E-state index in [9.17, 15) is 19.8 Å². The molecule has 0 radical (unpaired) electrons. The Balaban J connectivity index is 1.36. The van der Waals surface area contributed by atoms with Crippen molar-refractivity contribution in [3.05, 3.63) is 59.3 Å². The van der Waals surface area contributed by atoms with E-state index in [-0.39, 0.29) is 19.1 Å². The van der Waals surface area contributed by atoms with E-state index in [2.05, 4.69) is 17.4 Å². The zero-order chi connectivity index (χ0) is 23.2. The van der Waals surface area contributed by atoms with E-state index >= 15 is 0 Å². The number of carboxylic acid groups (broad SMARTS) is 1. The number of anilines is 1. The first-order valence-corrected chi connectivity index (χ1v) is 11.7. The number of hydroxylamine groups is 2. The highest BCUT2D eigenvalue weighted by atomic mass is 16.7. The molecule has 1 saturated carbocycles. The van der Waals surface area contributed by atoms with Crippen LogP contribution in [0.15, 0.2) is 42.5 Å². The highest BCUT2D eigenvalue weighted by molar-refractivity contribution is 5.89. The Morgan fingerprint density at radius 2 is 1.97 bits per heavy atom. The second kappa shape index (κ2) is 10.8. The minimum Gasteiger partial charge on any atom is -0.480 e. The van der Waals surface area contributed by atoms with E-state index in [0.29, 0.717) is 11.5 Å². The molecule has 0 saturated heterocycles. The minimum atomic E-state index is -1.11. The third-order valence-electron chi connectivity index (χ3n) is 6.52. The summed E-state index contributed by atoms with van der Waals surface area (Å²) in [5.41, 5.74) is 2.69. The summed E-state index contributed by atoms with van der Waals surface area (Å²) in [6, 6.07) is 11.5. The van der Waals surface area contributed by atoms with Crippen molar-refractivity contribution in [2.75, 3.05) is 18.5 Å². The molecular weight excluding hydrogens is 422 g/mol. The van der Waals surface area contributed by atoms with E-state index in [4.69, 9.17) is 9.82 Å². The molecule has 8 nitrogen and oxygen atoms in total. The van der Waals surface area contributed by atoms with Crippen molar-refractivity contribution in [3.63, 3.8) is 0 Å². The van der Waals surface area contributed by atoms with E-state index in [1.807, 2.05) is 0 Å². The van der Waals surface area contributed by atoms with Crippen molar-refractivity contribution in [2.24, 2.45) is 5.92 Å².